The van der Waals surface area contributed by atoms with E-state index in [1.807, 2.05) is 0 Å². The van der Waals surface area contributed by atoms with E-state index in [1.165, 1.54) is 25.7 Å². The van der Waals surface area contributed by atoms with Crippen LogP contribution in [0.4, 0.5) is 0 Å². The zero-order valence-corrected chi connectivity index (χ0v) is 10.5. The summed E-state index contributed by atoms with van der Waals surface area (Å²) in [4.78, 5) is 11.3. The second-order valence-electron chi connectivity index (χ2n) is 4.36. The smallest absolute Gasteiger partial charge is 0.250 e. The molecule has 2 unspecified atom stereocenters. The lowest BCUT2D eigenvalue weighted by Crippen LogP contribution is -2.45. The standard InChI is InChI=1S/C12H26N2O2/c1-3-4-5-6-7-8-9-14-12(16)11(15)10(2)13/h10-11,15H,3-9,13H2,1-2H3,(H,14,16). The quantitative estimate of drug-likeness (QED) is 0.520. The molecule has 0 aromatic rings. The van der Waals surface area contributed by atoms with Crippen LogP contribution in [0.2, 0.25) is 0 Å². The van der Waals surface area contributed by atoms with Crippen molar-refractivity contribution >= 4 is 5.91 Å². The number of nitrogens with two attached hydrogens (primary N) is 1. The van der Waals surface area contributed by atoms with Crippen LogP contribution in [-0.4, -0.2) is 29.7 Å². The van der Waals surface area contributed by atoms with E-state index in [4.69, 9.17) is 5.73 Å². The minimum absolute atomic E-state index is 0.358. The van der Waals surface area contributed by atoms with E-state index in [-0.39, 0.29) is 5.91 Å². The van der Waals surface area contributed by atoms with Gasteiger partial charge in [-0.15, -0.1) is 0 Å². The minimum atomic E-state index is -1.08. The largest absolute Gasteiger partial charge is 0.382 e. The molecule has 0 rings (SSSR count). The van der Waals surface area contributed by atoms with Crippen molar-refractivity contribution in [3.05, 3.63) is 0 Å². The minimum Gasteiger partial charge on any atom is -0.382 e. The van der Waals surface area contributed by atoms with Crippen molar-refractivity contribution in [2.75, 3.05) is 6.54 Å². The lowest BCUT2D eigenvalue weighted by Gasteiger charge is -2.14. The third kappa shape index (κ3) is 7.65. The molecule has 4 nitrogen and oxygen atoms in total. The predicted molar refractivity (Wildman–Crippen MR) is 66.0 cm³/mol. The highest BCUT2D eigenvalue weighted by molar-refractivity contribution is 5.81. The van der Waals surface area contributed by atoms with Crippen LogP contribution in [0.1, 0.15) is 52.4 Å². The fourth-order valence-electron chi connectivity index (χ4n) is 1.46. The van der Waals surface area contributed by atoms with Crippen molar-refractivity contribution in [1.29, 1.82) is 0 Å². The third-order valence-electron chi connectivity index (χ3n) is 2.60. The number of hydrogen-bond acceptors (Lipinski definition) is 3. The molecule has 0 aliphatic heterocycles. The van der Waals surface area contributed by atoms with E-state index in [2.05, 4.69) is 12.2 Å². The van der Waals surface area contributed by atoms with Crippen molar-refractivity contribution < 1.29 is 9.90 Å². The fraction of sp³-hybridized carbons (Fsp3) is 0.917. The molecule has 0 saturated heterocycles. The molecular formula is C12H26N2O2. The first-order valence-corrected chi connectivity index (χ1v) is 6.31. The van der Waals surface area contributed by atoms with Gasteiger partial charge in [0.2, 0.25) is 5.91 Å². The van der Waals surface area contributed by atoms with Gasteiger partial charge in [-0.1, -0.05) is 39.0 Å². The molecule has 16 heavy (non-hydrogen) atoms. The summed E-state index contributed by atoms with van der Waals surface area (Å²) in [5.74, 6) is -0.358. The zero-order valence-electron chi connectivity index (χ0n) is 10.5. The second kappa shape index (κ2) is 9.60. The van der Waals surface area contributed by atoms with Gasteiger partial charge in [0.15, 0.2) is 0 Å². The average Bonchev–Trinajstić information content (AvgIpc) is 2.26. The molecule has 2 atom stereocenters. The average molecular weight is 230 g/mol. The zero-order chi connectivity index (χ0) is 12.4. The van der Waals surface area contributed by atoms with Crippen molar-refractivity contribution in [1.82, 2.24) is 5.32 Å². The van der Waals surface area contributed by atoms with Gasteiger partial charge in [-0.25, -0.2) is 0 Å². The Bertz CT molecular complexity index is 184. The third-order valence-corrected chi connectivity index (χ3v) is 2.60. The highest BCUT2D eigenvalue weighted by Crippen LogP contribution is 2.04. The Labute approximate surface area is 98.6 Å². The maximum Gasteiger partial charge on any atom is 0.250 e. The summed E-state index contributed by atoms with van der Waals surface area (Å²) in [5.41, 5.74) is 5.41. The Morgan fingerprint density at radius 2 is 1.81 bits per heavy atom. The van der Waals surface area contributed by atoms with Crippen LogP contribution in [0.15, 0.2) is 0 Å². The van der Waals surface area contributed by atoms with Gasteiger partial charge in [0.25, 0.3) is 0 Å². The second-order valence-corrected chi connectivity index (χ2v) is 4.36. The van der Waals surface area contributed by atoms with Crippen LogP contribution < -0.4 is 11.1 Å². The monoisotopic (exact) mass is 230 g/mol. The lowest BCUT2D eigenvalue weighted by atomic mass is 10.1. The summed E-state index contributed by atoms with van der Waals surface area (Å²) in [6.45, 7) is 4.44. The van der Waals surface area contributed by atoms with Crippen molar-refractivity contribution in [2.45, 2.75) is 64.5 Å². The molecule has 96 valence electrons. The van der Waals surface area contributed by atoms with Gasteiger partial charge in [0.05, 0.1) is 0 Å². The van der Waals surface area contributed by atoms with E-state index in [9.17, 15) is 9.90 Å². The van der Waals surface area contributed by atoms with Crippen LogP contribution in [-0.2, 0) is 4.79 Å². The number of nitrogens with one attached hydrogen (secondary N) is 1. The number of carbonyl (C=O) groups is 1. The summed E-state index contributed by atoms with van der Waals surface area (Å²) >= 11 is 0. The normalized spacial score (nSPS) is 14.5. The van der Waals surface area contributed by atoms with E-state index in [0.29, 0.717) is 6.54 Å². The van der Waals surface area contributed by atoms with Gasteiger partial charge >= 0.3 is 0 Å². The number of aliphatic hydroxyl groups excluding tert-OH is 1. The number of unbranched alkanes of at least 4 members (excludes halogenated alkanes) is 5. The van der Waals surface area contributed by atoms with Gasteiger partial charge in [-0.2, -0.15) is 0 Å². The summed E-state index contributed by atoms with van der Waals surface area (Å²) in [7, 11) is 0. The molecule has 0 radical (unpaired) electrons. The summed E-state index contributed by atoms with van der Waals surface area (Å²) in [5, 5.41) is 12.0. The SMILES string of the molecule is CCCCCCCCNC(=O)C(O)C(C)N. The first kappa shape index (κ1) is 15.4. The Balaban J connectivity index is 3.34. The van der Waals surface area contributed by atoms with E-state index in [1.54, 1.807) is 6.92 Å². The molecule has 0 bridgehead atoms. The van der Waals surface area contributed by atoms with Crippen molar-refractivity contribution in [3.8, 4) is 0 Å². The van der Waals surface area contributed by atoms with Gasteiger partial charge < -0.3 is 16.2 Å². The van der Waals surface area contributed by atoms with E-state index in [0.717, 1.165) is 12.8 Å². The maximum atomic E-state index is 11.3. The summed E-state index contributed by atoms with van der Waals surface area (Å²) < 4.78 is 0. The van der Waals surface area contributed by atoms with E-state index >= 15 is 0 Å². The first-order chi connectivity index (χ1) is 7.59. The molecular weight excluding hydrogens is 204 g/mol. The van der Waals surface area contributed by atoms with Crippen molar-refractivity contribution in [2.24, 2.45) is 5.73 Å². The van der Waals surface area contributed by atoms with Crippen LogP contribution in [0.25, 0.3) is 0 Å². The number of aliphatic hydroxyl groups is 1. The lowest BCUT2D eigenvalue weighted by molar-refractivity contribution is -0.130. The van der Waals surface area contributed by atoms with Crippen molar-refractivity contribution in [3.63, 3.8) is 0 Å². The molecule has 0 spiro atoms. The first-order valence-electron chi connectivity index (χ1n) is 6.31. The maximum absolute atomic E-state index is 11.3. The van der Waals surface area contributed by atoms with Crippen LogP contribution >= 0.6 is 0 Å². The van der Waals surface area contributed by atoms with Crippen LogP contribution in [0.3, 0.4) is 0 Å². The number of carbonyl (C=O) groups excluding carboxylic acids is 1. The van der Waals surface area contributed by atoms with Gasteiger partial charge in [0.1, 0.15) is 6.10 Å². The summed E-state index contributed by atoms with van der Waals surface area (Å²) in [6, 6.07) is -0.510. The predicted octanol–water partition coefficient (Wildman–Crippen LogP) is 1.17. The fourth-order valence-corrected chi connectivity index (χ4v) is 1.46. The Morgan fingerprint density at radius 1 is 1.25 bits per heavy atom. The molecule has 0 aliphatic carbocycles. The number of hydrogen-bond donors (Lipinski definition) is 3. The van der Waals surface area contributed by atoms with Gasteiger partial charge in [-0.05, 0) is 13.3 Å². The van der Waals surface area contributed by atoms with Crippen LogP contribution in [0, 0.1) is 0 Å². The molecule has 0 aromatic heterocycles. The van der Waals surface area contributed by atoms with Gasteiger partial charge in [-0.3, -0.25) is 4.79 Å². The molecule has 0 heterocycles. The molecule has 4 heteroatoms. The number of rotatable bonds is 9. The Kier molecular flexibility index (Phi) is 9.24. The highest BCUT2D eigenvalue weighted by atomic mass is 16.3. The molecule has 0 fully saturated rings. The molecule has 1 amide bonds. The Morgan fingerprint density at radius 3 is 2.38 bits per heavy atom. The van der Waals surface area contributed by atoms with Gasteiger partial charge in [0, 0.05) is 12.6 Å². The highest BCUT2D eigenvalue weighted by Gasteiger charge is 2.17. The molecule has 0 aromatic carbocycles. The van der Waals surface area contributed by atoms with E-state index < -0.39 is 12.1 Å². The molecule has 4 N–H and O–H groups in total. The number of amides is 1. The molecule has 0 saturated carbocycles. The topological polar surface area (TPSA) is 75.3 Å². The van der Waals surface area contributed by atoms with Crippen LogP contribution in [0.5, 0.6) is 0 Å². The summed E-state index contributed by atoms with van der Waals surface area (Å²) in [6.07, 6.45) is 6.05. The molecule has 0 aliphatic rings. The Hall–Kier alpha value is -0.610.